The number of nitrogens with one attached hydrogen (secondary N) is 3. The van der Waals surface area contributed by atoms with E-state index < -0.39 is 0 Å². The third kappa shape index (κ3) is 5.81. The van der Waals surface area contributed by atoms with E-state index in [4.69, 9.17) is 4.74 Å². The number of ether oxygens (including phenoxy) is 1. The number of rotatable bonds is 8. The van der Waals surface area contributed by atoms with E-state index in [0.29, 0.717) is 52.2 Å². The monoisotopic (exact) mass is 596 g/mol. The smallest absolute Gasteiger partial charge is 0.331 e. The van der Waals surface area contributed by atoms with Crippen LogP contribution in [0.3, 0.4) is 0 Å². The Morgan fingerprint density at radius 1 is 1.14 bits per heavy atom. The molecule has 10 nitrogen and oxygen atoms in total. The van der Waals surface area contributed by atoms with Crippen molar-refractivity contribution in [3.05, 3.63) is 83.4 Å². The number of pyridine rings is 1. The van der Waals surface area contributed by atoms with Crippen molar-refractivity contribution < 1.29 is 19.1 Å². The molecular weight excluding hydrogens is 564 g/mol. The van der Waals surface area contributed by atoms with Crippen LogP contribution in [0.2, 0.25) is 0 Å². The number of carbonyl (C=O) groups excluding carboxylic acids is 3. The van der Waals surface area contributed by atoms with Gasteiger partial charge in [0.1, 0.15) is 21.2 Å². The number of nitrogens with zero attached hydrogens (tertiary/aromatic N) is 3. The molecule has 0 aliphatic carbocycles. The largest absolute Gasteiger partial charge is 0.457 e. The molecule has 1 atom stereocenters. The molecule has 1 fully saturated rings. The van der Waals surface area contributed by atoms with Crippen LogP contribution in [0.4, 0.5) is 21.9 Å². The summed E-state index contributed by atoms with van der Waals surface area (Å²) < 4.78 is 5.98. The van der Waals surface area contributed by atoms with Gasteiger partial charge in [0.25, 0.3) is 5.91 Å². The van der Waals surface area contributed by atoms with Gasteiger partial charge in [0.2, 0.25) is 5.91 Å². The van der Waals surface area contributed by atoms with Gasteiger partial charge in [-0.05, 0) is 68.8 Å². The highest BCUT2D eigenvalue weighted by atomic mass is 32.1. The predicted molar refractivity (Wildman–Crippen MR) is 169 cm³/mol. The molecule has 2 aromatic heterocycles. The normalized spacial score (nSPS) is 16.4. The van der Waals surface area contributed by atoms with Crippen molar-refractivity contribution in [1.29, 1.82) is 0 Å². The van der Waals surface area contributed by atoms with Crippen LogP contribution in [0.1, 0.15) is 28.1 Å². The maximum absolute atomic E-state index is 13.6. The van der Waals surface area contributed by atoms with E-state index in [1.54, 1.807) is 34.2 Å². The molecule has 4 heterocycles. The second-order valence-electron chi connectivity index (χ2n) is 10.5. The van der Waals surface area contributed by atoms with Gasteiger partial charge in [-0.25, -0.2) is 9.78 Å². The Bertz CT molecular complexity index is 1720. The van der Waals surface area contributed by atoms with Crippen LogP contribution in [0.15, 0.2) is 72.9 Å². The van der Waals surface area contributed by atoms with Gasteiger partial charge in [0, 0.05) is 37.9 Å². The van der Waals surface area contributed by atoms with E-state index in [9.17, 15) is 14.4 Å². The van der Waals surface area contributed by atoms with Crippen molar-refractivity contribution in [3.63, 3.8) is 0 Å². The van der Waals surface area contributed by atoms with Crippen molar-refractivity contribution >= 4 is 56.5 Å². The molecule has 0 spiro atoms. The first-order chi connectivity index (χ1) is 20.9. The summed E-state index contributed by atoms with van der Waals surface area (Å²) in [6.45, 7) is 3.62. The van der Waals surface area contributed by atoms with Crippen LogP contribution < -0.4 is 25.6 Å². The molecule has 2 aliphatic heterocycles. The lowest BCUT2D eigenvalue weighted by Gasteiger charge is -2.32. The number of aryl methyl sites for hydroxylation is 1. The SMILES string of the molecule is CNCC=CC(=O)N1CCCC(NC(=O)c2sc3nccc4c3c2NC(=O)N4c2ccc(Oc3ccccc3)cc2C)C1. The summed E-state index contributed by atoms with van der Waals surface area (Å²) in [6.07, 6.45) is 6.57. The van der Waals surface area contributed by atoms with Gasteiger partial charge in [0.05, 0.1) is 22.4 Å². The zero-order valence-electron chi connectivity index (χ0n) is 23.9. The van der Waals surface area contributed by atoms with Crippen LogP contribution in [0.25, 0.3) is 10.2 Å². The average molecular weight is 597 g/mol. The highest BCUT2D eigenvalue weighted by Gasteiger charge is 2.34. The van der Waals surface area contributed by atoms with E-state index >= 15 is 0 Å². The van der Waals surface area contributed by atoms with Crippen LogP contribution in [0.5, 0.6) is 11.5 Å². The molecule has 43 heavy (non-hydrogen) atoms. The van der Waals surface area contributed by atoms with Crippen LogP contribution >= 0.6 is 11.3 Å². The highest BCUT2D eigenvalue weighted by Crippen LogP contribution is 2.46. The summed E-state index contributed by atoms with van der Waals surface area (Å²) in [5.74, 6) is 1.03. The van der Waals surface area contributed by atoms with Crippen molar-refractivity contribution in [2.45, 2.75) is 25.8 Å². The number of likely N-dealkylation sites (tertiary alicyclic amines) is 1. The number of urea groups is 1. The lowest BCUT2D eigenvalue weighted by atomic mass is 10.0. The quantitative estimate of drug-likeness (QED) is 0.229. The Morgan fingerprint density at radius 3 is 2.77 bits per heavy atom. The molecule has 0 bridgehead atoms. The fourth-order valence-electron chi connectivity index (χ4n) is 5.48. The van der Waals surface area contributed by atoms with Gasteiger partial charge in [-0.2, -0.15) is 0 Å². The molecule has 3 N–H and O–H groups in total. The van der Waals surface area contributed by atoms with E-state index in [-0.39, 0.29) is 23.9 Å². The number of anilines is 3. The Hall–Kier alpha value is -4.74. The first-order valence-corrected chi connectivity index (χ1v) is 15.0. The summed E-state index contributed by atoms with van der Waals surface area (Å²) in [5.41, 5.74) is 2.66. The Labute approximate surface area is 253 Å². The Kier molecular flexibility index (Phi) is 8.08. The molecular formula is C32H32N6O4S. The van der Waals surface area contributed by atoms with Gasteiger partial charge >= 0.3 is 6.03 Å². The molecule has 2 aromatic carbocycles. The van der Waals surface area contributed by atoms with E-state index in [1.807, 2.05) is 62.5 Å². The minimum atomic E-state index is -0.366. The molecule has 11 heteroatoms. The molecule has 220 valence electrons. The zero-order valence-corrected chi connectivity index (χ0v) is 24.7. The molecule has 4 aromatic rings. The van der Waals surface area contributed by atoms with Gasteiger partial charge < -0.3 is 25.6 Å². The van der Waals surface area contributed by atoms with Gasteiger partial charge in [-0.1, -0.05) is 24.3 Å². The minimum Gasteiger partial charge on any atom is -0.457 e. The van der Waals surface area contributed by atoms with E-state index in [1.165, 1.54) is 11.3 Å². The number of benzene rings is 2. The highest BCUT2D eigenvalue weighted by molar-refractivity contribution is 7.21. The fourth-order valence-corrected chi connectivity index (χ4v) is 6.50. The van der Waals surface area contributed by atoms with Crippen molar-refractivity contribution in [3.8, 4) is 11.5 Å². The summed E-state index contributed by atoms with van der Waals surface area (Å²) in [7, 11) is 1.82. The second kappa shape index (κ2) is 12.2. The summed E-state index contributed by atoms with van der Waals surface area (Å²) >= 11 is 1.24. The lowest BCUT2D eigenvalue weighted by Crippen LogP contribution is -2.49. The number of carbonyl (C=O) groups is 3. The van der Waals surface area contributed by atoms with Crippen LogP contribution in [-0.4, -0.2) is 60.5 Å². The first kappa shape index (κ1) is 28.4. The number of para-hydroxylation sites is 1. The van der Waals surface area contributed by atoms with Crippen molar-refractivity contribution in [1.82, 2.24) is 20.5 Å². The molecule has 6 rings (SSSR count). The van der Waals surface area contributed by atoms with Gasteiger partial charge in [-0.15, -0.1) is 11.3 Å². The third-order valence-electron chi connectivity index (χ3n) is 7.49. The summed E-state index contributed by atoms with van der Waals surface area (Å²) in [6, 6.07) is 16.3. The van der Waals surface area contributed by atoms with Gasteiger partial charge in [0.15, 0.2) is 0 Å². The Balaban J connectivity index is 1.24. The summed E-state index contributed by atoms with van der Waals surface area (Å²) in [5, 5.41) is 9.76. The first-order valence-electron chi connectivity index (χ1n) is 14.2. The number of hydrogen-bond acceptors (Lipinski definition) is 7. The third-order valence-corrected chi connectivity index (χ3v) is 8.59. The topological polar surface area (TPSA) is 116 Å². The van der Waals surface area contributed by atoms with Gasteiger partial charge in [-0.3, -0.25) is 14.5 Å². The molecule has 2 aliphatic rings. The molecule has 1 saturated heterocycles. The van der Waals surface area contributed by atoms with Crippen molar-refractivity contribution in [2.75, 3.05) is 36.9 Å². The number of likely N-dealkylation sites (N-methyl/N-ethyl adjacent to an activating group) is 1. The standard InChI is InChI=1S/C32H32N6O4S/c1-20-18-23(42-22-9-4-3-5-10-22)12-13-24(20)38-25-14-16-34-31-27(25)28(36-32(38)41)29(43-31)30(40)35-21-8-7-17-37(19-21)26(39)11-6-15-33-2/h3-6,9-14,16,18,21,33H,7-8,15,17,19H2,1-2H3,(H,35,40)(H,36,41). The number of piperidine rings is 1. The number of thiophene rings is 1. The van der Waals surface area contributed by atoms with Crippen LogP contribution in [-0.2, 0) is 4.79 Å². The average Bonchev–Trinajstić information content (AvgIpc) is 3.38. The number of amides is 4. The molecule has 0 saturated carbocycles. The second-order valence-corrected chi connectivity index (χ2v) is 11.5. The summed E-state index contributed by atoms with van der Waals surface area (Å²) in [4.78, 5) is 48.7. The number of aromatic nitrogens is 1. The maximum Gasteiger partial charge on any atom is 0.331 e. The van der Waals surface area contributed by atoms with Crippen LogP contribution in [0, 0.1) is 6.92 Å². The lowest BCUT2D eigenvalue weighted by molar-refractivity contribution is -0.127. The van der Waals surface area contributed by atoms with E-state index in [2.05, 4.69) is 20.9 Å². The predicted octanol–water partition coefficient (Wildman–Crippen LogP) is 5.58. The number of hydrogen-bond donors (Lipinski definition) is 3. The molecule has 4 amide bonds. The molecule has 0 radical (unpaired) electrons. The maximum atomic E-state index is 13.6. The van der Waals surface area contributed by atoms with E-state index in [0.717, 1.165) is 29.5 Å². The fraction of sp³-hybridized carbons (Fsp3) is 0.250. The van der Waals surface area contributed by atoms with Crippen molar-refractivity contribution in [2.24, 2.45) is 0 Å². The Morgan fingerprint density at radius 2 is 1.98 bits per heavy atom. The molecule has 1 unspecified atom stereocenters. The zero-order chi connectivity index (χ0) is 29.9. The minimum absolute atomic E-state index is 0.0673.